The molecule has 1 aromatic rings. The Hall–Kier alpha value is -1.73. The van der Waals surface area contributed by atoms with Gasteiger partial charge >= 0.3 is 5.97 Å². The van der Waals surface area contributed by atoms with E-state index < -0.39 is 17.6 Å². The summed E-state index contributed by atoms with van der Waals surface area (Å²) in [4.78, 5) is 15.1. The Morgan fingerprint density at radius 3 is 2.72 bits per heavy atom. The number of ether oxygens (including phenoxy) is 1. The van der Waals surface area contributed by atoms with Crippen LogP contribution in [0.1, 0.15) is 24.8 Å². The zero-order valence-electron chi connectivity index (χ0n) is 15.0. The standard InChI is InChI=1S/C18H26F2N2O3/c1-21(2)15-8-9-22(10-12(15)4-7-17(23)24)11-13-16(25-3)6-5-14(19)18(13)20/h5-6,12,15H,4,7-11H2,1-3H3,(H,23,24). The topological polar surface area (TPSA) is 53.0 Å². The number of carboxylic acids is 1. The van der Waals surface area contributed by atoms with E-state index >= 15 is 0 Å². The lowest BCUT2D eigenvalue weighted by molar-refractivity contribution is -0.137. The SMILES string of the molecule is COc1ccc(F)c(F)c1CN1CCC(N(C)C)C(CCC(=O)O)C1. The molecule has 140 valence electrons. The molecule has 0 aromatic heterocycles. The number of nitrogens with zero attached hydrogens (tertiary/aromatic N) is 2. The van der Waals surface area contributed by atoms with Gasteiger partial charge in [-0.05, 0) is 45.0 Å². The quantitative estimate of drug-likeness (QED) is 0.814. The van der Waals surface area contributed by atoms with Crippen LogP contribution in [0.25, 0.3) is 0 Å². The number of halogens is 2. The van der Waals surface area contributed by atoms with Gasteiger partial charge in [0.25, 0.3) is 0 Å². The van der Waals surface area contributed by atoms with E-state index in [1.807, 2.05) is 19.0 Å². The number of rotatable bonds is 7. The van der Waals surface area contributed by atoms with Crippen LogP contribution in [0.2, 0.25) is 0 Å². The van der Waals surface area contributed by atoms with Gasteiger partial charge in [-0.2, -0.15) is 0 Å². The van der Waals surface area contributed by atoms with Gasteiger partial charge in [0.15, 0.2) is 11.6 Å². The molecule has 1 aliphatic heterocycles. The molecule has 1 saturated heterocycles. The monoisotopic (exact) mass is 356 g/mol. The zero-order chi connectivity index (χ0) is 18.6. The second kappa shape index (κ2) is 8.58. The fourth-order valence-electron chi connectivity index (χ4n) is 3.65. The molecule has 7 heteroatoms. The fourth-order valence-corrected chi connectivity index (χ4v) is 3.65. The maximum atomic E-state index is 14.2. The van der Waals surface area contributed by atoms with E-state index in [0.29, 0.717) is 18.7 Å². The maximum absolute atomic E-state index is 14.2. The minimum atomic E-state index is -0.888. The van der Waals surface area contributed by atoms with E-state index in [9.17, 15) is 13.6 Å². The highest BCUT2D eigenvalue weighted by Crippen LogP contribution is 2.29. The number of hydrogen-bond donors (Lipinski definition) is 1. The summed E-state index contributed by atoms with van der Waals surface area (Å²) < 4.78 is 32.9. The van der Waals surface area contributed by atoms with Crippen molar-refractivity contribution in [2.45, 2.75) is 31.8 Å². The molecule has 0 radical (unpaired) electrons. The normalized spacial score (nSPS) is 21.5. The summed E-state index contributed by atoms with van der Waals surface area (Å²) in [7, 11) is 5.41. The van der Waals surface area contributed by atoms with Crippen LogP contribution in [0.15, 0.2) is 12.1 Å². The average Bonchev–Trinajstić information content (AvgIpc) is 2.57. The highest BCUT2D eigenvalue weighted by molar-refractivity contribution is 5.66. The van der Waals surface area contributed by atoms with Crippen LogP contribution in [-0.4, -0.2) is 61.2 Å². The van der Waals surface area contributed by atoms with E-state index in [1.165, 1.54) is 13.2 Å². The van der Waals surface area contributed by atoms with Crippen LogP contribution in [0.5, 0.6) is 5.75 Å². The Morgan fingerprint density at radius 2 is 2.12 bits per heavy atom. The molecule has 0 aliphatic carbocycles. The smallest absolute Gasteiger partial charge is 0.303 e. The largest absolute Gasteiger partial charge is 0.496 e. The second-order valence-electron chi connectivity index (χ2n) is 6.79. The molecule has 1 fully saturated rings. The van der Waals surface area contributed by atoms with Crippen LogP contribution in [0.4, 0.5) is 8.78 Å². The Bertz CT molecular complexity index is 610. The van der Waals surface area contributed by atoms with Gasteiger partial charge in [-0.3, -0.25) is 9.69 Å². The van der Waals surface area contributed by atoms with Gasteiger partial charge in [0, 0.05) is 37.7 Å². The molecule has 0 saturated carbocycles. The Labute approximate surface area is 147 Å². The highest BCUT2D eigenvalue weighted by Gasteiger charge is 2.31. The predicted molar refractivity (Wildman–Crippen MR) is 90.6 cm³/mol. The minimum absolute atomic E-state index is 0.112. The lowest BCUT2D eigenvalue weighted by Gasteiger charge is -2.41. The summed E-state index contributed by atoms with van der Waals surface area (Å²) >= 11 is 0. The molecule has 1 heterocycles. The van der Waals surface area contributed by atoms with E-state index in [-0.39, 0.29) is 30.5 Å². The van der Waals surface area contributed by atoms with Gasteiger partial charge in [0.2, 0.25) is 0 Å². The molecule has 25 heavy (non-hydrogen) atoms. The summed E-state index contributed by atoms with van der Waals surface area (Å²) in [5.41, 5.74) is 0.211. The molecule has 5 nitrogen and oxygen atoms in total. The molecule has 2 unspecified atom stereocenters. The third-order valence-electron chi connectivity index (χ3n) is 4.92. The van der Waals surface area contributed by atoms with Crippen LogP contribution in [0.3, 0.4) is 0 Å². The van der Waals surface area contributed by atoms with Crippen molar-refractivity contribution in [1.82, 2.24) is 9.80 Å². The molecule has 0 spiro atoms. The van der Waals surface area contributed by atoms with Crippen molar-refractivity contribution in [3.05, 3.63) is 29.3 Å². The number of aliphatic carboxylic acids is 1. The van der Waals surface area contributed by atoms with Crippen molar-refractivity contribution in [1.29, 1.82) is 0 Å². The van der Waals surface area contributed by atoms with E-state index in [0.717, 1.165) is 19.0 Å². The van der Waals surface area contributed by atoms with E-state index in [2.05, 4.69) is 4.90 Å². The maximum Gasteiger partial charge on any atom is 0.303 e. The number of carboxylic acid groups (broad SMARTS) is 1. The van der Waals surface area contributed by atoms with Gasteiger partial charge in [-0.1, -0.05) is 0 Å². The summed E-state index contributed by atoms with van der Waals surface area (Å²) in [5, 5.41) is 8.97. The predicted octanol–water partition coefficient (Wildman–Crippen LogP) is 2.59. The van der Waals surface area contributed by atoms with Crippen LogP contribution >= 0.6 is 0 Å². The summed E-state index contributed by atoms with van der Waals surface area (Å²) in [5.74, 6) is -2.08. The molecule has 1 N–H and O–H groups in total. The molecule has 2 rings (SSSR count). The first kappa shape index (κ1) is 19.6. The van der Waals surface area contributed by atoms with Crippen molar-refractivity contribution in [2.75, 3.05) is 34.3 Å². The van der Waals surface area contributed by atoms with Gasteiger partial charge < -0.3 is 14.7 Å². The van der Waals surface area contributed by atoms with Gasteiger partial charge in [0.05, 0.1) is 7.11 Å². The first-order chi connectivity index (χ1) is 11.8. The summed E-state index contributed by atoms with van der Waals surface area (Å²) in [6, 6.07) is 2.78. The lowest BCUT2D eigenvalue weighted by atomic mass is 9.87. The second-order valence-corrected chi connectivity index (χ2v) is 6.79. The number of benzene rings is 1. The van der Waals surface area contributed by atoms with Gasteiger partial charge in [-0.25, -0.2) is 8.78 Å². The molecule has 0 amide bonds. The van der Waals surface area contributed by atoms with Gasteiger partial charge in [-0.15, -0.1) is 0 Å². The third-order valence-corrected chi connectivity index (χ3v) is 4.92. The summed E-state index contributed by atoms with van der Waals surface area (Å²) in [6.07, 6.45) is 1.54. The molecular formula is C18H26F2N2O3. The first-order valence-electron chi connectivity index (χ1n) is 8.45. The lowest BCUT2D eigenvalue weighted by Crippen LogP contribution is -2.48. The molecule has 1 aliphatic rings. The number of likely N-dealkylation sites (tertiary alicyclic amines) is 1. The highest BCUT2D eigenvalue weighted by atomic mass is 19.2. The Kier molecular flexibility index (Phi) is 6.72. The van der Waals surface area contributed by atoms with Crippen LogP contribution in [0, 0.1) is 17.6 Å². The number of methoxy groups -OCH3 is 1. The summed E-state index contributed by atoms with van der Waals surface area (Å²) in [6.45, 7) is 1.64. The fraction of sp³-hybridized carbons (Fsp3) is 0.611. The van der Waals surface area contributed by atoms with E-state index in [4.69, 9.17) is 9.84 Å². The molecular weight excluding hydrogens is 330 g/mol. The van der Waals surface area contributed by atoms with Crippen LogP contribution in [-0.2, 0) is 11.3 Å². The van der Waals surface area contributed by atoms with E-state index in [1.54, 1.807) is 0 Å². The Balaban J connectivity index is 2.13. The molecule has 2 atom stereocenters. The molecule has 1 aromatic carbocycles. The number of carbonyl (C=O) groups is 1. The van der Waals surface area contributed by atoms with Crippen LogP contribution < -0.4 is 4.74 Å². The number of hydrogen-bond acceptors (Lipinski definition) is 4. The average molecular weight is 356 g/mol. The van der Waals surface area contributed by atoms with Crippen molar-refractivity contribution >= 4 is 5.97 Å². The number of piperidine rings is 1. The molecule has 0 bridgehead atoms. The Morgan fingerprint density at radius 1 is 1.40 bits per heavy atom. The zero-order valence-corrected chi connectivity index (χ0v) is 15.0. The van der Waals surface area contributed by atoms with Crippen molar-refractivity contribution in [2.24, 2.45) is 5.92 Å². The third kappa shape index (κ3) is 4.89. The van der Waals surface area contributed by atoms with Crippen molar-refractivity contribution < 1.29 is 23.4 Å². The first-order valence-corrected chi connectivity index (χ1v) is 8.45. The van der Waals surface area contributed by atoms with Gasteiger partial charge in [0.1, 0.15) is 5.75 Å². The van der Waals surface area contributed by atoms with Crippen molar-refractivity contribution in [3.8, 4) is 5.75 Å². The minimum Gasteiger partial charge on any atom is -0.496 e. The van der Waals surface area contributed by atoms with Crippen molar-refractivity contribution in [3.63, 3.8) is 0 Å².